The van der Waals surface area contributed by atoms with Crippen LogP contribution in [-0.2, 0) is 25.6 Å². The molecule has 0 spiro atoms. The fourth-order valence-electron chi connectivity index (χ4n) is 3.05. The Morgan fingerprint density at radius 3 is 1.86 bits per heavy atom. The van der Waals surface area contributed by atoms with E-state index in [0.717, 1.165) is 0 Å². The van der Waals surface area contributed by atoms with Crippen LogP contribution < -0.4 is 14.8 Å². The minimum Gasteiger partial charge on any atom is -0.497 e. The van der Waals surface area contributed by atoms with Gasteiger partial charge in [0.1, 0.15) is 17.3 Å². The summed E-state index contributed by atoms with van der Waals surface area (Å²) in [5.41, 5.74) is -0.0455. The van der Waals surface area contributed by atoms with Crippen LogP contribution in [0.3, 0.4) is 0 Å². The third-order valence-electron chi connectivity index (χ3n) is 4.87. The second-order valence-corrected chi connectivity index (χ2v) is 7.25. The molecule has 1 heterocycles. The molecule has 11 nitrogen and oxygen atoms in total. The van der Waals surface area contributed by atoms with Gasteiger partial charge in [-0.25, -0.2) is 14.4 Å². The smallest absolute Gasteiger partial charge is 0.349 e. The Hall–Kier alpha value is -4.80. The predicted octanol–water partition coefficient (Wildman–Crippen LogP) is 2.45. The lowest BCUT2D eigenvalue weighted by atomic mass is 10.1. The molecule has 1 aromatic heterocycles. The Labute approximate surface area is 205 Å². The molecule has 2 aromatic carbocycles. The summed E-state index contributed by atoms with van der Waals surface area (Å²) in [7, 11) is 2.79. The normalized spacial score (nSPS) is 12.1. The highest BCUT2D eigenvalue weighted by Gasteiger charge is 2.41. The highest BCUT2D eigenvalue weighted by molar-refractivity contribution is 5.97. The summed E-state index contributed by atoms with van der Waals surface area (Å²) < 4.78 is 25.6. The van der Waals surface area contributed by atoms with E-state index in [2.05, 4.69) is 5.32 Å². The SMILES string of the molecule is COc1cccc(C(=O)OC(C(=O)O)C(OC(=O)c2cccc(OC)c2)C(=O)NCc2ccco2)c1. The van der Waals surface area contributed by atoms with Gasteiger partial charge in [-0.3, -0.25) is 4.79 Å². The average Bonchev–Trinajstić information content (AvgIpc) is 3.42. The van der Waals surface area contributed by atoms with Gasteiger partial charge >= 0.3 is 17.9 Å². The number of carboxylic acid groups (broad SMARTS) is 1. The molecule has 0 fully saturated rings. The van der Waals surface area contributed by atoms with Gasteiger partial charge in [-0.15, -0.1) is 0 Å². The third-order valence-corrected chi connectivity index (χ3v) is 4.87. The molecule has 0 aliphatic rings. The van der Waals surface area contributed by atoms with Crippen molar-refractivity contribution in [1.29, 1.82) is 0 Å². The highest BCUT2D eigenvalue weighted by Crippen LogP contribution is 2.18. The van der Waals surface area contributed by atoms with Crippen LogP contribution >= 0.6 is 0 Å². The number of esters is 2. The summed E-state index contributed by atoms with van der Waals surface area (Å²) in [6.45, 7) is -0.130. The maximum atomic E-state index is 13.0. The van der Waals surface area contributed by atoms with E-state index >= 15 is 0 Å². The largest absolute Gasteiger partial charge is 0.497 e. The van der Waals surface area contributed by atoms with E-state index in [1.807, 2.05) is 0 Å². The van der Waals surface area contributed by atoms with E-state index in [1.54, 1.807) is 24.3 Å². The summed E-state index contributed by atoms with van der Waals surface area (Å²) in [6, 6.07) is 14.8. The van der Waals surface area contributed by atoms with Crippen molar-refractivity contribution in [3.63, 3.8) is 0 Å². The molecule has 2 unspecified atom stereocenters. The molecule has 11 heteroatoms. The number of nitrogens with one attached hydrogen (secondary N) is 1. The maximum absolute atomic E-state index is 13.0. The predicted molar refractivity (Wildman–Crippen MR) is 123 cm³/mol. The van der Waals surface area contributed by atoms with Gasteiger partial charge in [0.2, 0.25) is 12.2 Å². The number of carbonyl (C=O) groups excluding carboxylic acids is 3. The third kappa shape index (κ3) is 6.63. The summed E-state index contributed by atoms with van der Waals surface area (Å²) in [6.07, 6.45) is -2.82. The zero-order valence-corrected chi connectivity index (χ0v) is 19.3. The van der Waals surface area contributed by atoms with Crippen LogP contribution in [0.25, 0.3) is 0 Å². The lowest BCUT2D eigenvalue weighted by molar-refractivity contribution is -0.159. The van der Waals surface area contributed by atoms with Gasteiger partial charge in [-0.05, 0) is 48.5 Å². The van der Waals surface area contributed by atoms with Crippen molar-refractivity contribution in [2.45, 2.75) is 18.8 Å². The van der Waals surface area contributed by atoms with Crippen molar-refractivity contribution >= 4 is 23.8 Å². The molecule has 0 saturated heterocycles. The number of carbonyl (C=O) groups is 4. The molecule has 2 atom stereocenters. The number of benzene rings is 2. The van der Waals surface area contributed by atoms with Crippen LogP contribution in [0.2, 0.25) is 0 Å². The van der Waals surface area contributed by atoms with Crippen LogP contribution in [0.15, 0.2) is 71.3 Å². The minimum atomic E-state index is -2.17. The number of rotatable bonds is 11. The second-order valence-electron chi connectivity index (χ2n) is 7.25. The number of ether oxygens (including phenoxy) is 4. The van der Waals surface area contributed by atoms with E-state index in [9.17, 15) is 24.3 Å². The van der Waals surface area contributed by atoms with Gasteiger partial charge in [0.05, 0.1) is 38.2 Å². The lowest BCUT2D eigenvalue weighted by Crippen LogP contribution is -2.50. The monoisotopic (exact) mass is 497 g/mol. The van der Waals surface area contributed by atoms with E-state index in [1.165, 1.54) is 56.9 Å². The first-order valence-electron chi connectivity index (χ1n) is 10.6. The number of amides is 1. The number of methoxy groups -OCH3 is 2. The number of hydrogen-bond acceptors (Lipinski definition) is 9. The standard InChI is InChI=1S/C25H23NO10/c1-32-17-8-3-6-15(12-17)24(30)35-20(22(27)26-14-19-10-5-11-34-19)21(23(28)29)36-25(31)16-7-4-9-18(13-16)33-2/h3-13,20-21H,14H2,1-2H3,(H,26,27)(H,28,29). The Bertz CT molecular complexity index is 1220. The first-order valence-corrected chi connectivity index (χ1v) is 10.6. The number of furan rings is 1. The Kier molecular flexibility index (Phi) is 8.65. The Balaban J connectivity index is 1.87. The number of hydrogen-bond donors (Lipinski definition) is 2. The molecule has 3 rings (SSSR count). The molecule has 0 saturated carbocycles. The van der Waals surface area contributed by atoms with Crippen molar-refractivity contribution in [2.24, 2.45) is 0 Å². The Morgan fingerprint density at radius 1 is 0.833 bits per heavy atom. The van der Waals surface area contributed by atoms with Crippen LogP contribution in [0.1, 0.15) is 26.5 Å². The van der Waals surface area contributed by atoms with E-state index < -0.39 is 36.0 Å². The van der Waals surface area contributed by atoms with Crippen molar-refractivity contribution < 1.29 is 47.6 Å². The molecule has 0 radical (unpaired) electrons. The van der Waals surface area contributed by atoms with Gasteiger partial charge in [0, 0.05) is 0 Å². The molecule has 1 amide bonds. The fourth-order valence-corrected chi connectivity index (χ4v) is 3.05. The van der Waals surface area contributed by atoms with Crippen LogP contribution in [0, 0.1) is 0 Å². The molecular weight excluding hydrogens is 474 g/mol. The van der Waals surface area contributed by atoms with Crippen LogP contribution in [0.4, 0.5) is 0 Å². The first-order chi connectivity index (χ1) is 17.3. The molecule has 0 bridgehead atoms. The minimum absolute atomic E-state index is 0.0126. The maximum Gasteiger partial charge on any atom is 0.349 e. The quantitative estimate of drug-likeness (QED) is 0.378. The van der Waals surface area contributed by atoms with Gasteiger partial charge < -0.3 is 33.8 Å². The molecule has 188 valence electrons. The molecular formula is C25H23NO10. The van der Waals surface area contributed by atoms with Gasteiger partial charge in [0.15, 0.2) is 0 Å². The van der Waals surface area contributed by atoms with Crippen LogP contribution in [0.5, 0.6) is 11.5 Å². The van der Waals surface area contributed by atoms with E-state index in [0.29, 0.717) is 17.3 Å². The second kappa shape index (κ2) is 12.1. The van der Waals surface area contributed by atoms with E-state index in [4.69, 9.17) is 23.4 Å². The lowest BCUT2D eigenvalue weighted by Gasteiger charge is -2.23. The summed E-state index contributed by atoms with van der Waals surface area (Å²) >= 11 is 0. The van der Waals surface area contributed by atoms with Crippen molar-refractivity contribution in [1.82, 2.24) is 5.32 Å². The van der Waals surface area contributed by atoms with Gasteiger partial charge in [-0.2, -0.15) is 0 Å². The molecule has 0 aliphatic heterocycles. The summed E-state index contributed by atoms with van der Waals surface area (Å²) in [5, 5.41) is 12.2. The average molecular weight is 497 g/mol. The zero-order valence-electron chi connectivity index (χ0n) is 19.3. The van der Waals surface area contributed by atoms with Gasteiger partial charge in [-0.1, -0.05) is 12.1 Å². The molecule has 2 N–H and O–H groups in total. The van der Waals surface area contributed by atoms with Gasteiger partial charge in [0.25, 0.3) is 5.91 Å². The van der Waals surface area contributed by atoms with Crippen LogP contribution in [-0.4, -0.2) is 55.3 Å². The number of aliphatic carboxylic acids is 1. The van der Waals surface area contributed by atoms with Crippen molar-refractivity contribution in [3.05, 3.63) is 83.8 Å². The van der Waals surface area contributed by atoms with Crippen molar-refractivity contribution in [2.75, 3.05) is 14.2 Å². The van der Waals surface area contributed by atoms with E-state index in [-0.39, 0.29) is 17.7 Å². The molecule has 0 aliphatic carbocycles. The summed E-state index contributed by atoms with van der Waals surface area (Å²) in [5.74, 6) is -3.80. The first kappa shape index (κ1) is 25.8. The topological polar surface area (TPSA) is 151 Å². The summed E-state index contributed by atoms with van der Waals surface area (Å²) in [4.78, 5) is 50.5. The van der Waals surface area contributed by atoms with Crippen molar-refractivity contribution in [3.8, 4) is 11.5 Å². The zero-order chi connectivity index (χ0) is 26.1. The Morgan fingerprint density at radius 2 is 1.39 bits per heavy atom. The number of carboxylic acids is 1. The molecule has 3 aromatic rings. The molecule has 36 heavy (non-hydrogen) atoms. The highest BCUT2D eigenvalue weighted by atomic mass is 16.6. The fraction of sp³-hybridized carbons (Fsp3) is 0.200.